The monoisotopic (exact) mass is 261 g/mol. The number of rotatable bonds is 0. The van der Waals surface area contributed by atoms with Gasteiger partial charge in [-0.05, 0) is 24.3 Å². The van der Waals surface area contributed by atoms with Gasteiger partial charge in [0, 0.05) is 7.05 Å². The summed E-state index contributed by atoms with van der Waals surface area (Å²) in [4.78, 5) is 0.184. The molecular weight excluding hydrogens is 250 g/mol. The van der Waals surface area contributed by atoms with Crippen molar-refractivity contribution in [2.75, 3.05) is 11.4 Å². The van der Waals surface area contributed by atoms with Crippen LogP contribution in [0.15, 0.2) is 53.4 Å². The van der Waals surface area contributed by atoms with Gasteiger partial charge in [-0.25, -0.2) is 8.42 Å². The molecule has 4 nitrogen and oxygen atoms in total. The number of para-hydroxylation sites is 3. The molecule has 2 aromatic rings. The van der Waals surface area contributed by atoms with E-state index in [4.69, 9.17) is 4.74 Å². The second-order valence-corrected chi connectivity index (χ2v) is 5.93. The Morgan fingerprint density at radius 2 is 1.56 bits per heavy atom. The maximum absolute atomic E-state index is 12.4. The van der Waals surface area contributed by atoms with Crippen LogP contribution >= 0.6 is 0 Å². The molecule has 18 heavy (non-hydrogen) atoms. The second kappa shape index (κ2) is 3.74. The summed E-state index contributed by atoms with van der Waals surface area (Å²) >= 11 is 0. The van der Waals surface area contributed by atoms with E-state index in [0.29, 0.717) is 17.2 Å². The van der Waals surface area contributed by atoms with Crippen LogP contribution < -0.4 is 9.04 Å². The normalized spacial score (nSPS) is 16.2. The van der Waals surface area contributed by atoms with Gasteiger partial charge in [-0.3, -0.25) is 4.31 Å². The Labute approximate surface area is 105 Å². The van der Waals surface area contributed by atoms with Crippen LogP contribution in [0.5, 0.6) is 11.5 Å². The summed E-state index contributed by atoms with van der Waals surface area (Å²) in [5.41, 5.74) is 0.536. The van der Waals surface area contributed by atoms with Crippen molar-refractivity contribution in [2.24, 2.45) is 0 Å². The van der Waals surface area contributed by atoms with E-state index >= 15 is 0 Å². The average Bonchev–Trinajstić information content (AvgIpc) is 2.46. The highest BCUT2D eigenvalue weighted by molar-refractivity contribution is 7.93. The molecule has 0 fully saturated rings. The van der Waals surface area contributed by atoms with E-state index in [9.17, 15) is 8.42 Å². The van der Waals surface area contributed by atoms with E-state index in [2.05, 4.69) is 0 Å². The van der Waals surface area contributed by atoms with Crippen LogP contribution in [0.2, 0.25) is 0 Å². The zero-order valence-electron chi connectivity index (χ0n) is 9.70. The van der Waals surface area contributed by atoms with Crippen molar-refractivity contribution in [1.29, 1.82) is 0 Å². The van der Waals surface area contributed by atoms with Crippen molar-refractivity contribution in [3.8, 4) is 11.5 Å². The third-order valence-electron chi connectivity index (χ3n) is 2.91. The van der Waals surface area contributed by atoms with Gasteiger partial charge in [0.1, 0.15) is 10.6 Å². The first-order chi connectivity index (χ1) is 8.60. The van der Waals surface area contributed by atoms with Gasteiger partial charge < -0.3 is 4.74 Å². The predicted molar refractivity (Wildman–Crippen MR) is 68.5 cm³/mol. The Hall–Kier alpha value is -2.01. The fraction of sp³-hybridized carbons (Fsp3) is 0.0769. The molecule has 0 spiro atoms. The molecular formula is C13H11NO3S. The van der Waals surface area contributed by atoms with E-state index in [1.165, 1.54) is 11.4 Å². The molecule has 1 heterocycles. The van der Waals surface area contributed by atoms with Gasteiger partial charge in [0.2, 0.25) is 0 Å². The molecule has 0 atom stereocenters. The number of sulfonamides is 1. The summed E-state index contributed by atoms with van der Waals surface area (Å²) in [5.74, 6) is 0.892. The van der Waals surface area contributed by atoms with E-state index in [1.807, 2.05) is 6.07 Å². The Bertz CT molecular complexity index is 710. The Kier molecular flexibility index (Phi) is 2.31. The lowest BCUT2D eigenvalue weighted by Crippen LogP contribution is -2.25. The van der Waals surface area contributed by atoms with Crippen molar-refractivity contribution < 1.29 is 13.2 Å². The first-order valence-corrected chi connectivity index (χ1v) is 6.89. The van der Waals surface area contributed by atoms with Gasteiger partial charge >= 0.3 is 0 Å². The van der Waals surface area contributed by atoms with Crippen molar-refractivity contribution in [2.45, 2.75) is 4.90 Å². The molecule has 0 N–H and O–H groups in total. The molecule has 0 aliphatic carbocycles. The third kappa shape index (κ3) is 1.48. The minimum atomic E-state index is -3.56. The van der Waals surface area contributed by atoms with Crippen LogP contribution in [0.25, 0.3) is 0 Å². The molecule has 0 saturated heterocycles. The molecule has 0 radical (unpaired) electrons. The number of benzene rings is 2. The topological polar surface area (TPSA) is 46.6 Å². The van der Waals surface area contributed by atoms with Crippen molar-refractivity contribution in [3.63, 3.8) is 0 Å². The largest absolute Gasteiger partial charge is 0.454 e. The Balaban J connectivity index is 2.35. The first-order valence-electron chi connectivity index (χ1n) is 5.45. The fourth-order valence-electron chi connectivity index (χ4n) is 1.95. The van der Waals surface area contributed by atoms with E-state index in [0.717, 1.165) is 0 Å². The summed E-state index contributed by atoms with van der Waals surface area (Å²) in [5, 5.41) is 0. The number of nitrogens with zero attached hydrogens (tertiary/aromatic N) is 1. The summed E-state index contributed by atoms with van der Waals surface area (Å²) in [6.45, 7) is 0. The molecule has 0 bridgehead atoms. The molecule has 3 rings (SSSR count). The zero-order chi connectivity index (χ0) is 12.8. The minimum Gasteiger partial charge on any atom is -0.454 e. The standard InChI is InChI=1S/C13H11NO3S/c1-14-10-6-2-3-7-11(10)17-12-8-4-5-9-13(12)18(14,15)16/h2-9H,1H3. The smallest absolute Gasteiger partial charge is 0.267 e. The maximum Gasteiger partial charge on any atom is 0.267 e. The van der Waals surface area contributed by atoms with Gasteiger partial charge in [0.15, 0.2) is 5.75 Å². The van der Waals surface area contributed by atoms with E-state index < -0.39 is 10.0 Å². The van der Waals surface area contributed by atoms with Crippen molar-refractivity contribution in [1.82, 2.24) is 0 Å². The van der Waals surface area contributed by atoms with Crippen LogP contribution in [0.3, 0.4) is 0 Å². The Morgan fingerprint density at radius 3 is 2.33 bits per heavy atom. The van der Waals surface area contributed by atoms with Crippen LogP contribution in [-0.4, -0.2) is 15.5 Å². The van der Waals surface area contributed by atoms with Gasteiger partial charge in [0.25, 0.3) is 10.0 Å². The molecule has 0 unspecified atom stereocenters. The van der Waals surface area contributed by atoms with Gasteiger partial charge in [0.05, 0.1) is 5.69 Å². The highest BCUT2D eigenvalue weighted by Gasteiger charge is 2.30. The quantitative estimate of drug-likeness (QED) is 0.732. The highest BCUT2D eigenvalue weighted by Crippen LogP contribution is 2.41. The van der Waals surface area contributed by atoms with Gasteiger partial charge in [-0.15, -0.1) is 0 Å². The van der Waals surface area contributed by atoms with Crippen LogP contribution in [0.4, 0.5) is 5.69 Å². The molecule has 0 amide bonds. The number of fused-ring (bicyclic) bond motifs is 2. The second-order valence-electron chi connectivity index (χ2n) is 3.99. The molecule has 5 heteroatoms. The SMILES string of the molecule is CN1c2ccccc2Oc2ccccc2S1(=O)=O. The third-order valence-corrected chi connectivity index (χ3v) is 4.72. The molecule has 1 aliphatic heterocycles. The molecule has 2 aromatic carbocycles. The number of ether oxygens (including phenoxy) is 1. The van der Waals surface area contributed by atoms with Crippen LogP contribution in [0.1, 0.15) is 0 Å². The lowest BCUT2D eigenvalue weighted by molar-refractivity contribution is 0.473. The average molecular weight is 261 g/mol. The number of hydrogen-bond acceptors (Lipinski definition) is 3. The summed E-state index contributed by atoms with van der Waals surface area (Å²) < 4.78 is 31.8. The van der Waals surface area contributed by atoms with Crippen molar-refractivity contribution in [3.05, 3.63) is 48.5 Å². The van der Waals surface area contributed by atoms with Crippen LogP contribution in [-0.2, 0) is 10.0 Å². The fourth-order valence-corrected chi connectivity index (χ4v) is 3.27. The van der Waals surface area contributed by atoms with Gasteiger partial charge in [-0.2, -0.15) is 0 Å². The maximum atomic E-state index is 12.4. The molecule has 0 aromatic heterocycles. The van der Waals surface area contributed by atoms with E-state index in [1.54, 1.807) is 42.5 Å². The Morgan fingerprint density at radius 1 is 0.944 bits per heavy atom. The number of anilines is 1. The molecule has 0 saturated carbocycles. The zero-order valence-corrected chi connectivity index (χ0v) is 10.5. The van der Waals surface area contributed by atoms with Crippen molar-refractivity contribution >= 4 is 15.7 Å². The summed E-state index contributed by atoms with van der Waals surface area (Å²) in [7, 11) is -2.03. The lowest BCUT2D eigenvalue weighted by atomic mass is 10.3. The van der Waals surface area contributed by atoms with Crippen LogP contribution in [0, 0.1) is 0 Å². The number of hydrogen-bond donors (Lipinski definition) is 0. The summed E-state index contributed by atoms with van der Waals surface area (Å²) in [6.07, 6.45) is 0. The summed E-state index contributed by atoms with van der Waals surface area (Å²) in [6, 6.07) is 13.7. The lowest BCUT2D eigenvalue weighted by Gasteiger charge is -2.17. The predicted octanol–water partition coefficient (Wildman–Crippen LogP) is 2.62. The minimum absolute atomic E-state index is 0.184. The molecule has 92 valence electrons. The molecule has 1 aliphatic rings. The van der Waals surface area contributed by atoms with Gasteiger partial charge in [-0.1, -0.05) is 24.3 Å². The first kappa shape index (κ1) is 11.1. The van der Waals surface area contributed by atoms with E-state index in [-0.39, 0.29) is 4.90 Å². The highest BCUT2D eigenvalue weighted by atomic mass is 32.2.